The van der Waals surface area contributed by atoms with E-state index in [4.69, 9.17) is 11.6 Å². The van der Waals surface area contributed by atoms with Crippen LogP contribution in [0.2, 0.25) is 0 Å². The number of halogens is 1. The predicted molar refractivity (Wildman–Crippen MR) is 47.2 cm³/mol. The van der Waals surface area contributed by atoms with Crippen molar-refractivity contribution in [3.8, 4) is 0 Å². The van der Waals surface area contributed by atoms with Crippen LogP contribution in [0.3, 0.4) is 0 Å². The lowest BCUT2D eigenvalue weighted by molar-refractivity contribution is -0.932. The van der Waals surface area contributed by atoms with Crippen molar-refractivity contribution in [1.82, 2.24) is 0 Å². The van der Waals surface area contributed by atoms with Crippen LogP contribution in [0.25, 0.3) is 0 Å². The Bertz CT molecular complexity index is 79.0. The molecule has 62 valence electrons. The van der Waals surface area contributed by atoms with Crippen LogP contribution in [-0.2, 0) is 0 Å². The second-order valence-electron chi connectivity index (χ2n) is 2.74. The third-order valence-corrected chi connectivity index (χ3v) is 3.06. The van der Waals surface area contributed by atoms with Gasteiger partial charge < -0.3 is 4.48 Å². The van der Waals surface area contributed by atoms with Gasteiger partial charge in [0.1, 0.15) is 0 Å². The summed E-state index contributed by atoms with van der Waals surface area (Å²) in [5.74, 6) is 0. The fourth-order valence-corrected chi connectivity index (χ4v) is 1.84. The Hall–Kier alpha value is 0.250. The standard InChI is InChI=1S/C8H19ClN/c1-5-10(6-2,7-3)8(4)9/h8H,5-7H2,1-4H3/q+1. The van der Waals surface area contributed by atoms with E-state index in [2.05, 4.69) is 27.7 Å². The Morgan fingerprint density at radius 3 is 1.40 bits per heavy atom. The lowest BCUT2D eigenvalue weighted by atomic mass is 10.3. The first-order valence-corrected chi connectivity index (χ1v) is 4.56. The predicted octanol–water partition coefficient (Wildman–Crippen LogP) is 2.45. The van der Waals surface area contributed by atoms with Crippen molar-refractivity contribution >= 4 is 11.6 Å². The molecule has 0 spiro atoms. The highest BCUT2D eigenvalue weighted by Crippen LogP contribution is 2.15. The molecule has 0 saturated heterocycles. The average molecular weight is 165 g/mol. The van der Waals surface area contributed by atoms with Crippen molar-refractivity contribution in [2.75, 3.05) is 19.6 Å². The Kier molecular flexibility index (Phi) is 4.30. The summed E-state index contributed by atoms with van der Waals surface area (Å²) in [7, 11) is 0. The first-order valence-electron chi connectivity index (χ1n) is 4.12. The molecule has 1 atom stereocenters. The first kappa shape index (κ1) is 10.2. The van der Waals surface area contributed by atoms with E-state index in [1.165, 1.54) is 0 Å². The summed E-state index contributed by atoms with van der Waals surface area (Å²) in [6.07, 6.45) is 0. The molecule has 0 N–H and O–H groups in total. The van der Waals surface area contributed by atoms with Crippen molar-refractivity contribution in [2.24, 2.45) is 0 Å². The minimum atomic E-state index is 0.250. The summed E-state index contributed by atoms with van der Waals surface area (Å²) in [6.45, 7) is 12.1. The van der Waals surface area contributed by atoms with Crippen molar-refractivity contribution < 1.29 is 4.48 Å². The van der Waals surface area contributed by atoms with Crippen LogP contribution in [0.4, 0.5) is 0 Å². The number of hydrogen-bond acceptors (Lipinski definition) is 0. The number of quaternary nitrogens is 1. The normalized spacial score (nSPS) is 15.3. The van der Waals surface area contributed by atoms with Gasteiger partial charge in [0.15, 0.2) is 5.50 Å². The summed E-state index contributed by atoms with van der Waals surface area (Å²) in [6, 6.07) is 0. The van der Waals surface area contributed by atoms with E-state index >= 15 is 0 Å². The highest BCUT2D eigenvalue weighted by Gasteiger charge is 2.25. The van der Waals surface area contributed by atoms with Gasteiger partial charge in [0.25, 0.3) is 0 Å². The number of nitrogens with zero attached hydrogens (tertiary/aromatic N) is 1. The average Bonchev–Trinajstić information content (AvgIpc) is 1.92. The molecule has 2 heteroatoms. The fraction of sp³-hybridized carbons (Fsp3) is 1.00. The molecular weight excluding hydrogens is 146 g/mol. The van der Waals surface area contributed by atoms with Gasteiger partial charge >= 0.3 is 0 Å². The van der Waals surface area contributed by atoms with E-state index in [1.54, 1.807) is 0 Å². The second kappa shape index (κ2) is 4.20. The molecule has 0 fully saturated rings. The van der Waals surface area contributed by atoms with E-state index in [9.17, 15) is 0 Å². The van der Waals surface area contributed by atoms with Gasteiger partial charge in [-0.3, -0.25) is 0 Å². The molecule has 0 aliphatic rings. The lowest BCUT2D eigenvalue weighted by Gasteiger charge is -2.38. The number of rotatable bonds is 4. The zero-order valence-electron chi connectivity index (χ0n) is 7.52. The summed E-state index contributed by atoms with van der Waals surface area (Å²) < 4.78 is 1.03. The molecule has 0 aliphatic carbocycles. The smallest absolute Gasteiger partial charge is 0.162 e. The summed E-state index contributed by atoms with van der Waals surface area (Å²) >= 11 is 6.07. The molecule has 0 radical (unpaired) electrons. The van der Waals surface area contributed by atoms with Crippen LogP contribution in [0.15, 0.2) is 0 Å². The van der Waals surface area contributed by atoms with Crippen molar-refractivity contribution in [1.29, 1.82) is 0 Å². The van der Waals surface area contributed by atoms with E-state index in [0.717, 1.165) is 24.1 Å². The second-order valence-corrected chi connectivity index (χ2v) is 3.37. The van der Waals surface area contributed by atoms with Gasteiger partial charge in [0.2, 0.25) is 0 Å². The zero-order valence-corrected chi connectivity index (χ0v) is 8.28. The number of hydrogen-bond donors (Lipinski definition) is 0. The van der Waals surface area contributed by atoms with Crippen LogP contribution >= 0.6 is 11.6 Å². The van der Waals surface area contributed by atoms with E-state index in [-0.39, 0.29) is 5.50 Å². The number of alkyl halides is 1. The van der Waals surface area contributed by atoms with Gasteiger partial charge in [-0.25, -0.2) is 0 Å². The van der Waals surface area contributed by atoms with Crippen molar-refractivity contribution in [2.45, 2.75) is 33.2 Å². The Labute approximate surface area is 69.6 Å². The molecule has 0 aromatic heterocycles. The van der Waals surface area contributed by atoms with E-state index in [1.807, 2.05) is 0 Å². The van der Waals surface area contributed by atoms with E-state index < -0.39 is 0 Å². The van der Waals surface area contributed by atoms with Gasteiger partial charge in [-0.2, -0.15) is 0 Å². The van der Waals surface area contributed by atoms with Gasteiger partial charge in [-0.1, -0.05) is 11.6 Å². The van der Waals surface area contributed by atoms with Crippen LogP contribution in [0, 0.1) is 0 Å². The third kappa shape index (κ3) is 1.86. The monoisotopic (exact) mass is 164 g/mol. The molecule has 0 amide bonds. The molecule has 0 heterocycles. The molecule has 1 unspecified atom stereocenters. The maximum Gasteiger partial charge on any atom is 0.162 e. The van der Waals surface area contributed by atoms with Crippen LogP contribution in [-0.4, -0.2) is 29.6 Å². The van der Waals surface area contributed by atoms with Crippen LogP contribution in [0.1, 0.15) is 27.7 Å². The minimum absolute atomic E-state index is 0.250. The van der Waals surface area contributed by atoms with Crippen molar-refractivity contribution in [3.63, 3.8) is 0 Å². The fourth-order valence-electron chi connectivity index (χ4n) is 1.43. The zero-order chi connectivity index (χ0) is 8.20. The summed E-state index contributed by atoms with van der Waals surface area (Å²) in [5, 5.41) is 0. The molecule has 0 aromatic carbocycles. The highest BCUT2D eigenvalue weighted by molar-refractivity contribution is 6.19. The maximum atomic E-state index is 6.07. The molecule has 0 saturated carbocycles. The Balaban J connectivity index is 4.15. The summed E-state index contributed by atoms with van der Waals surface area (Å²) in [5.41, 5.74) is 0.250. The summed E-state index contributed by atoms with van der Waals surface area (Å²) in [4.78, 5) is 0. The molecule has 0 bridgehead atoms. The molecule has 1 nitrogen and oxygen atoms in total. The van der Waals surface area contributed by atoms with Crippen LogP contribution in [0.5, 0.6) is 0 Å². The molecule has 0 rings (SSSR count). The Morgan fingerprint density at radius 1 is 1.10 bits per heavy atom. The Morgan fingerprint density at radius 2 is 1.40 bits per heavy atom. The maximum absolute atomic E-state index is 6.07. The first-order chi connectivity index (χ1) is 4.63. The molecule has 10 heavy (non-hydrogen) atoms. The quantitative estimate of drug-likeness (QED) is 0.340. The van der Waals surface area contributed by atoms with Crippen molar-refractivity contribution in [3.05, 3.63) is 0 Å². The minimum Gasteiger partial charge on any atom is -0.309 e. The SMILES string of the molecule is CC[N+](CC)(CC)C(C)Cl. The molecule has 0 aromatic rings. The van der Waals surface area contributed by atoms with Gasteiger partial charge in [-0.15, -0.1) is 0 Å². The van der Waals surface area contributed by atoms with Gasteiger partial charge in [-0.05, 0) is 20.8 Å². The third-order valence-electron chi connectivity index (χ3n) is 2.64. The highest BCUT2D eigenvalue weighted by atomic mass is 35.5. The topological polar surface area (TPSA) is 0 Å². The van der Waals surface area contributed by atoms with Gasteiger partial charge in [0.05, 0.1) is 19.6 Å². The van der Waals surface area contributed by atoms with E-state index in [0.29, 0.717) is 0 Å². The largest absolute Gasteiger partial charge is 0.309 e. The lowest BCUT2D eigenvalue weighted by Crippen LogP contribution is -2.51. The van der Waals surface area contributed by atoms with Crippen LogP contribution < -0.4 is 0 Å². The molecular formula is C8H19ClN+. The van der Waals surface area contributed by atoms with Gasteiger partial charge in [0, 0.05) is 6.92 Å². The molecule has 0 aliphatic heterocycles.